The van der Waals surface area contributed by atoms with Gasteiger partial charge in [-0.3, -0.25) is 9.12 Å². The van der Waals surface area contributed by atoms with Gasteiger partial charge in [-0.05, 0) is 0 Å². The first-order valence-electron chi connectivity index (χ1n) is 4.71. The van der Waals surface area contributed by atoms with E-state index in [4.69, 9.17) is 5.73 Å². The monoisotopic (exact) mass is 301 g/mol. The Morgan fingerprint density at radius 3 is 2.89 bits per heavy atom. The smallest absolute Gasteiger partial charge is 0.283 e. The van der Waals surface area contributed by atoms with Crippen LogP contribution >= 0.6 is 22.7 Å². The van der Waals surface area contributed by atoms with Gasteiger partial charge in [0.2, 0.25) is 5.03 Å². The lowest BCUT2D eigenvalue weighted by atomic mass is 10.8. The van der Waals surface area contributed by atoms with Crippen LogP contribution in [0.25, 0.3) is 4.96 Å². The number of aromatic nitrogens is 3. The molecule has 3 N–H and O–H groups in total. The summed E-state index contributed by atoms with van der Waals surface area (Å²) in [4.78, 5) is 8.40. The number of nitrogens with one attached hydrogen (secondary N) is 1. The van der Waals surface area contributed by atoms with Gasteiger partial charge in [-0.1, -0.05) is 0 Å². The highest BCUT2D eigenvalue weighted by atomic mass is 32.2. The molecule has 0 aliphatic rings. The third-order valence-electron chi connectivity index (χ3n) is 2.15. The van der Waals surface area contributed by atoms with Crippen molar-refractivity contribution in [2.75, 3.05) is 10.5 Å². The second-order valence-corrected chi connectivity index (χ2v) is 6.67. The number of nitrogens with two attached hydrogens (primary N) is 1. The van der Waals surface area contributed by atoms with Crippen LogP contribution in [0.3, 0.4) is 0 Å². The van der Waals surface area contributed by atoms with Crippen LogP contribution in [0, 0.1) is 0 Å². The fourth-order valence-corrected chi connectivity index (χ4v) is 4.27. The molecule has 0 bridgehead atoms. The minimum absolute atomic E-state index is 0.0223. The number of imidazole rings is 1. The largest absolute Gasteiger partial charge is 0.381 e. The van der Waals surface area contributed by atoms with E-state index in [1.807, 2.05) is 0 Å². The van der Waals surface area contributed by atoms with Crippen LogP contribution in [0.15, 0.2) is 28.2 Å². The summed E-state index contributed by atoms with van der Waals surface area (Å²) >= 11 is 2.50. The normalized spacial score (nSPS) is 12.0. The number of nitrogen functional groups attached to an aromatic ring is 1. The van der Waals surface area contributed by atoms with E-state index < -0.39 is 10.0 Å². The van der Waals surface area contributed by atoms with Crippen molar-refractivity contribution in [3.63, 3.8) is 0 Å². The van der Waals surface area contributed by atoms with Crippen molar-refractivity contribution >= 4 is 48.6 Å². The lowest BCUT2D eigenvalue weighted by molar-refractivity contribution is 0.597. The molecule has 0 radical (unpaired) electrons. The van der Waals surface area contributed by atoms with E-state index in [1.54, 1.807) is 17.0 Å². The molecule has 3 rings (SSSR count). The van der Waals surface area contributed by atoms with Crippen molar-refractivity contribution in [3.05, 3.63) is 23.2 Å². The van der Waals surface area contributed by atoms with Gasteiger partial charge >= 0.3 is 0 Å². The van der Waals surface area contributed by atoms with Gasteiger partial charge in [0.1, 0.15) is 0 Å². The van der Waals surface area contributed by atoms with Crippen LogP contribution < -0.4 is 10.5 Å². The summed E-state index contributed by atoms with van der Waals surface area (Å²) in [5, 5.41) is 3.65. The van der Waals surface area contributed by atoms with Crippen molar-refractivity contribution < 1.29 is 8.42 Å². The molecule has 0 aromatic carbocycles. The van der Waals surface area contributed by atoms with Gasteiger partial charge in [0.25, 0.3) is 10.0 Å². The van der Waals surface area contributed by atoms with E-state index in [2.05, 4.69) is 14.7 Å². The maximum absolute atomic E-state index is 12.2. The summed E-state index contributed by atoms with van der Waals surface area (Å²) in [6.07, 6.45) is 3.13. The van der Waals surface area contributed by atoms with Crippen LogP contribution in [0.2, 0.25) is 0 Å². The van der Waals surface area contributed by atoms with E-state index in [0.717, 1.165) is 0 Å². The summed E-state index contributed by atoms with van der Waals surface area (Å²) in [5.41, 5.74) is 5.65. The Balaban J connectivity index is 2.13. The van der Waals surface area contributed by atoms with Gasteiger partial charge in [0.05, 0.1) is 0 Å². The molecule has 0 aliphatic heterocycles. The molecule has 0 spiro atoms. The van der Waals surface area contributed by atoms with Crippen molar-refractivity contribution in [1.29, 1.82) is 0 Å². The first-order valence-corrected chi connectivity index (χ1v) is 7.95. The molecule has 3 heterocycles. The predicted octanol–water partition coefficient (Wildman–Crippen LogP) is 1.24. The number of thiazole rings is 2. The molecule has 18 heavy (non-hydrogen) atoms. The van der Waals surface area contributed by atoms with Gasteiger partial charge in [-0.25, -0.2) is 9.97 Å². The molecule has 3 aromatic rings. The summed E-state index contributed by atoms with van der Waals surface area (Å²) in [6.45, 7) is 0. The Morgan fingerprint density at radius 1 is 1.33 bits per heavy atom. The van der Waals surface area contributed by atoms with E-state index >= 15 is 0 Å². The zero-order chi connectivity index (χ0) is 12.8. The first kappa shape index (κ1) is 11.4. The molecule has 0 fully saturated rings. The molecule has 10 heteroatoms. The molecule has 0 unspecified atom stereocenters. The molecule has 3 aromatic heterocycles. The Bertz CT molecular complexity index is 786. The van der Waals surface area contributed by atoms with Crippen LogP contribution in [-0.2, 0) is 10.0 Å². The third kappa shape index (κ3) is 1.74. The minimum Gasteiger partial charge on any atom is -0.381 e. The highest BCUT2D eigenvalue weighted by molar-refractivity contribution is 7.93. The van der Waals surface area contributed by atoms with E-state index in [0.29, 0.717) is 10.1 Å². The van der Waals surface area contributed by atoms with E-state index in [-0.39, 0.29) is 10.8 Å². The SMILES string of the molecule is Nc1nc2sccn2c1S(=O)(=O)Nc1nccs1. The fourth-order valence-electron chi connectivity index (χ4n) is 1.49. The minimum atomic E-state index is -3.79. The lowest BCUT2D eigenvalue weighted by Crippen LogP contribution is -2.16. The van der Waals surface area contributed by atoms with Crippen LogP contribution in [0.5, 0.6) is 0 Å². The quantitative estimate of drug-likeness (QED) is 0.757. The Labute approximate surface area is 110 Å². The van der Waals surface area contributed by atoms with Crippen molar-refractivity contribution in [2.45, 2.75) is 5.03 Å². The molecule has 0 aliphatic carbocycles. The maximum Gasteiger partial charge on any atom is 0.283 e. The van der Waals surface area contributed by atoms with Gasteiger partial charge in [-0.15, -0.1) is 22.7 Å². The fraction of sp³-hybridized carbons (Fsp3) is 0. The predicted molar refractivity (Wildman–Crippen MR) is 70.4 cm³/mol. The van der Waals surface area contributed by atoms with Crippen molar-refractivity contribution in [3.8, 4) is 0 Å². The molecular weight excluding hydrogens is 294 g/mol. The van der Waals surface area contributed by atoms with Crippen LogP contribution in [0.1, 0.15) is 0 Å². The number of rotatable bonds is 3. The number of fused-ring (bicyclic) bond motifs is 1. The second kappa shape index (κ2) is 3.93. The zero-order valence-electron chi connectivity index (χ0n) is 8.77. The van der Waals surface area contributed by atoms with Crippen molar-refractivity contribution in [1.82, 2.24) is 14.4 Å². The second-order valence-electron chi connectivity index (χ2n) is 3.30. The van der Waals surface area contributed by atoms with E-state index in [9.17, 15) is 8.42 Å². The molecular formula is C8H7N5O2S3. The topological polar surface area (TPSA) is 102 Å². The van der Waals surface area contributed by atoms with Gasteiger partial charge in [-0.2, -0.15) is 8.42 Å². The lowest BCUT2D eigenvalue weighted by Gasteiger charge is -2.04. The molecule has 0 atom stereocenters. The third-order valence-corrected chi connectivity index (χ3v) is 5.10. The van der Waals surface area contributed by atoms with Crippen LogP contribution in [-0.4, -0.2) is 22.8 Å². The maximum atomic E-state index is 12.2. The van der Waals surface area contributed by atoms with E-state index in [1.165, 1.54) is 33.3 Å². The number of hydrogen-bond donors (Lipinski definition) is 2. The molecule has 0 amide bonds. The molecule has 0 saturated carbocycles. The number of anilines is 2. The molecule has 7 nitrogen and oxygen atoms in total. The summed E-state index contributed by atoms with van der Waals surface area (Å²) in [7, 11) is -3.79. The molecule has 0 saturated heterocycles. The van der Waals surface area contributed by atoms with Crippen molar-refractivity contribution in [2.24, 2.45) is 0 Å². The Morgan fingerprint density at radius 2 is 2.17 bits per heavy atom. The Kier molecular flexibility index (Phi) is 2.50. The summed E-state index contributed by atoms with van der Waals surface area (Å²) < 4.78 is 28.2. The first-order chi connectivity index (χ1) is 8.58. The standard InChI is InChI=1S/C8H7N5O2S3/c9-5-6(13-2-4-17-8(13)11-5)18(14,15)12-7-10-1-3-16-7/h1-4H,9H2,(H,10,12). The highest BCUT2D eigenvalue weighted by Crippen LogP contribution is 2.25. The summed E-state index contributed by atoms with van der Waals surface area (Å²) in [6, 6.07) is 0. The van der Waals surface area contributed by atoms with Gasteiger partial charge in [0, 0.05) is 23.2 Å². The van der Waals surface area contributed by atoms with Gasteiger partial charge < -0.3 is 5.73 Å². The van der Waals surface area contributed by atoms with Crippen LogP contribution in [0.4, 0.5) is 10.9 Å². The average molecular weight is 301 g/mol. The zero-order valence-corrected chi connectivity index (χ0v) is 11.2. The molecule has 94 valence electrons. The Hall–Kier alpha value is -1.65. The average Bonchev–Trinajstić information content (AvgIpc) is 2.92. The van der Waals surface area contributed by atoms with Gasteiger partial charge in [0.15, 0.2) is 15.9 Å². The highest BCUT2D eigenvalue weighted by Gasteiger charge is 2.25. The summed E-state index contributed by atoms with van der Waals surface area (Å²) in [5.74, 6) is -0.0223. The number of nitrogens with zero attached hydrogens (tertiary/aromatic N) is 3. The number of hydrogen-bond acceptors (Lipinski definition) is 7. The number of sulfonamides is 1.